The molecule has 3 unspecified atom stereocenters. The highest BCUT2D eigenvalue weighted by molar-refractivity contribution is 6.45. The summed E-state index contributed by atoms with van der Waals surface area (Å²) in [7, 11) is 0. The number of nitrogens with zero attached hydrogens (tertiary/aromatic N) is 1. The number of imide groups is 1. The largest absolute Gasteiger partial charge is 0.349 e. The van der Waals surface area contributed by atoms with E-state index in [4.69, 9.17) is 27.9 Å². The fourth-order valence-electron chi connectivity index (χ4n) is 5.48. The van der Waals surface area contributed by atoms with E-state index >= 15 is 0 Å². The van der Waals surface area contributed by atoms with Gasteiger partial charge in [-0.2, -0.15) is 0 Å². The second-order valence-electron chi connectivity index (χ2n) is 8.98. The third-order valence-corrected chi connectivity index (χ3v) is 7.91. The summed E-state index contributed by atoms with van der Waals surface area (Å²) in [6.45, 7) is 1.91. The highest BCUT2D eigenvalue weighted by Crippen LogP contribution is 2.58. The van der Waals surface area contributed by atoms with Crippen molar-refractivity contribution in [3.63, 3.8) is 0 Å². The van der Waals surface area contributed by atoms with Gasteiger partial charge in [-0.3, -0.25) is 19.2 Å². The van der Waals surface area contributed by atoms with Gasteiger partial charge in [0, 0.05) is 11.1 Å². The summed E-state index contributed by atoms with van der Waals surface area (Å²) in [5.74, 6) is -4.96. The standard InChI is InChI=1S/C27H17Cl2NO5/c1-13-9-11-14(12-10-13)22-19-20(26(34)30(25(19)33)18-8-4-7-17(28)21(18)29)27(35-22)23(31)15-5-2-3-6-16(15)24(27)32/h2-12,19-20,22H,1H3. The average Bonchev–Trinajstić information content (AvgIpc) is 3.42. The minimum Gasteiger partial charge on any atom is -0.349 e. The normalized spacial score (nSPS) is 24.4. The number of hydrogen-bond donors (Lipinski definition) is 0. The minimum absolute atomic E-state index is 0.0325. The number of hydrogen-bond acceptors (Lipinski definition) is 5. The molecule has 6 nitrogen and oxygen atoms in total. The van der Waals surface area contributed by atoms with E-state index in [1.165, 1.54) is 18.2 Å². The van der Waals surface area contributed by atoms with Crippen LogP contribution in [-0.4, -0.2) is 29.0 Å². The van der Waals surface area contributed by atoms with Crippen molar-refractivity contribution in [2.24, 2.45) is 11.8 Å². The number of benzene rings is 3. The van der Waals surface area contributed by atoms with Crippen LogP contribution in [-0.2, 0) is 14.3 Å². The quantitative estimate of drug-likeness (QED) is 0.361. The van der Waals surface area contributed by atoms with Crippen molar-refractivity contribution in [2.75, 3.05) is 4.90 Å². The first-order chi connectivity index (χ1) is 16.8. The van der Waals surface area contributed by atoms with Gasteiger partial charge in [0.15, 0.2) is 0 Å². The van der Waals surface area contributed by atoms with Crippen LogP contribution in [0.15, 0.2) is 66.7 Å². The molecule has 3 aliphatic rings. The van der Waals surface area contributed by atoms with E-state index in [9.17, 15) is 19.2 Å². The molecule has 8 heteroatoms. The molecule has 1 aliphatic carbocycles. The van der Waals surface area contributed by atoms with Gasteiger partial charge in [-0.15, -0.1) is 0 Å². The van der Waals surface area contributed by atoms with Crippen molar-refractivity contribution in [3.05, 3.63) is 99.0 Å². The predicted octanol–water partition coefficient (Wildman–Crippen LogP) is 5.00. The zero-order valence-corrected chi connectivity index (χ0v) is 19.8. The van der Waals surface area contributed by atoms with E-state index in [1.54, 1.807) is 36.4 Å². The van der Waals surface area contributed by atoms with Gasteiger partial charge in [0.05, 0.1) is 33.7 Å². The predicted molar refractivity (Wildman–Crippen MR) is 129 cm³/mol. The molecule has 2 heterocycles. The fourth-order valence-corrected chi connectivity index (χ4v) is 5.86. The van der Waals surface area contributed by atoms with Crippen molar-refractivity contribution in [1.29, 1.82) is 0 Å². The van der Waals surface area contributed by atoms with Crippen LogP contribution in [0.25, 0.3) is 0 Å². The Hall–Kier alpha value is -3.32. The Balaban J connectivity index is 1.56. The molecule has 6 rings (SSSR count). The smallest absolute Gasteiger partial charge is 0.241 e. The highest BCUT2D eigenvalue weighted by atomic mass is 35.5. The molecule has 3 atom stereocenters. The average molecular weight is 506 g/mol. The molecule has 2 amide bonds. The Morgan fingerprint density at radius 1 is 0.800 bits per heavy atom. The summed E-state index contributed by atoms with van der Waals surface area (Å²) in [6, 6.07) is 18.2. The van der Waals surface area contributed by atoms with Gasteiger partial charge in [-0.05, 0) is 24.6 Å². The molecule has 0 radical (unpaired) electrons. The Kier molecular flexibility index (Phi) is 4.81. The molecule has 3 aromatic carbocycles. The number of carbonyl (C=O) groups is 4. The van der Waals surface area contributed by atoms with E-state index < -0.39 is 46.9 Å². The van der Waals surface area contributed by atoms with Crippen molar-refractivity contribution >= 4 is 52.3 Å². The summed E-state index contributed by atoms with van der Waals surface area (Å²) in [5.41, 5.74) is -0.0765. The summed E-state index contributed by atoms with van der Waals surface area (Å²) in [6.07, 6.45) is -0.984. The van der Waals surface area contributed by atoms with E-state index in [0.29, 0.717) is 5.56 Å². The number of halogens is 2. The third-order valence-electron chi connectivity index (χ3n) is 7.10. The van der Waals surface area contributed by atoms with Crippen LogP contribution in [0.4, 0.5) is 5.69 Å². The van der Waals surface area contributed by atoms with Crippen LogP contribution in [0, 0.1) is 18.8 Å². The van der Waals surface area contributed by atoms with Crippen LogP contribution >= 0.6 is 23.2 Å². The first-order valence-corrected chi connectivity index (χ1v) is 11.8. The minimum atomic E-state index is -2.13. The number of amides is 2. The zero-order chi connectivity index (χ0) is 24.6. The summed E-state index contributed by atoms with van der Waals surface area (Å²) in [5, 5.41) is 0.202. The number of anilines is 1. The molecule has 35 heavy (non-hydrogen) atoms. The molecule has 174 valence electrons. The van der Waals surface area contributed by atoms with Crippen LogP contribution in [0.2, 0.25) is 10.0 Å². The van der Waals surface area contributed by atoms with Gasteiger partial charge < -0.3 is 4.74 Å². The van der Waals surface area contributed by atoms with Crippen LogP contribution in [0.5, 0.6) is 0 Å². The van der Waals surface area contributed by atoms with Gasteiger partial charge in [-0.1, -0.05) is 83.4 Å². The van der Waals surface area contributed by atoms with Gasteiger partial charge in [0.1, 0.15) is 0 Å². The number of Topliss-reactive ketones (excluding diaryl/α,β-unsaturated/α-hetero) is 2. The van der Waals surface area contributed by atoms with Crippen LogP contribution in [0.1, 0.15) is 37.9 Å². The van der Waals surface area contributed by atoms with E-state index in [1.807, 2.05) is 19.1 Å². The molecule has 2 fully saturated rings. The number of aryl methyl sites for hydroxylation is 1. The lowest BCUT2D eigenvalue weighted by molar-refractivity contribution is -0.127. The first-order valence-electron chi connectivity index (χ1n) is 11.0. The number of ether oxygens (including phenoxy) is 1. The summed E-state index contributed by atoms with van der Waals surface area (Å²) >= 11 is 12.5. The lowest BCUT2D eigenvalue weighted by atomic mass is 9.77. The second-order valence-corrected chi connectivity index (χ2v) is 9.76. The molecule has 0 N–H and O–H groups in total. The second kappa shape index (κ2) is 7.59. The topological polar surface area (TPSA) is 80.8 Å². The van der Waals surface area contributed by atoms with Crippen molar-refractivity contribution in [3.8, 4) is 0 Å². The SMILES string of the molecule is Cc1ccc(C2OC3(C(=O)c4ccccc4C3=O)C3C(=O)N(c4cccc(Cl)c4Cl)C(=O)C23)cc1. The maximum absolute atomic E-state index is 13.9. The zero-order valence-electron chi connectivity index (χ0n) is 18.3. The molecule has 2 aliphatic heterocycles. The van der Waals surface area contributed by atoms with Gasteiger partial charge in [0.25, 0.3) is 0 Å². The molecule has 3 aromatic rings. The fraction of sp³-hybridized carbons (Fsp3) is 0.185. The van der Waals surface area contributed by atoms with Crippen molar-refractivity contribution in [2.45, 2.75) is 18.6 Å². The molecule has 0 bridgehead atoms. The lowest BCUT2D eigenvalue weighted by Crippen LogP contribution is -2.51. The Bertz CT molecular complexity index is 1430. The van der Waals surface area contributed by atoms with E-state index in [0.717, 1.165) is 10.5 Å². The van der Waals surface area contributed by atoms with Crippen LogP contribution < -0.4 is 4.90 Å². The Labute approximate surface area is 210 Å². The molecule has 0 saturated carbocycles. The maximum Gasteiger partial charge on any atom is 0.241 e. The molecular formula is C27H17Cl2NO5. The van der Waals surface area contributed by atoms with E-state index in [2.05, 4.69) is 0 Å². The Morgan fingerprint density at radius 2 is 1.43 bits per heavy atom. The lowest BCUT2D eigenvalue weighted by Gasteiger charge is -2.27. The number of rotatable bonds is 2. The van der Waals surface area contributed by atoms with E-state index in [-0.39, 0.29) is 26.9 Å². The number of fused-ring (bicyclic) bond motifs is 3. The van der Waals surface area contributed by atoms with Crippen molar-refractivity contribution < 1.29 is 23.9 Å². The van der Waals surface area contributed by atoms with Gasteiger partial charge in [-0.25, -0.2) is 4.90 Å². The van der Waals surface area contributed by atoms with Crippen LogP contribution in [0.3, 0.4) is 0 Å². The molecule has 1 spiro atoms. The van der Waals surface area contributed by atoms with Crippen molar-refractivity contribution in [1.82, 2.24) is 0 Å². The molecule has 2 saturated heterocycles. The maximum atomic E-state index is 13.9. The first kappa shape index (κ1) is 22.2. The summed E-state index contributed by atoms with van der Waals surface area (Å²) in [4.78, 5) is 56.2. The summed E-state index contributed by atoms with van der Waals surface area (Å²) < 4.78 is 6.26. The Morgan fingerprint density at radius 3 is 2.06 bits per heavy atom. The van der Waals surface area contributed by atoms with Gasteiger partial charge >= 0.3 is 0 Å². The molecule has 0 aromatic heterocycles. The third kappa shape index (κ3) is 2.82. The number of carbonyl (C=O) groups excluding carboxylic acids is 4. The number of ketones is 2. The molecular weight excluding hydrogens is 489 g/mol. The monoisotopic (exact) mass is 505 g/mol. The van der Waals surface area contributed by atoms with Gasteiger partial charge in [0.2, 0.25) is 29.0 Å². The highest BCUT2D eigenvalue weighted by Gasteiger charge is 2.74.